The van der Waals surface area contributed by atoms with E-state index in [0.717, 1.165) is 50.1 Å². The number of benzene rings is 1. The Labute approximate surface area is 142 Å². The third-order valence-corrected chi connectivity index (χ3v) is 3.87. The van der Waals surface area contributed by atoms with Crippen molar-refractivity contribution in [3.63, 3.8) is 0 Å². The molecule has 2 N–H and O–H groups in total. The zero-order valence-electron chi connectivity index (χ0n) is 13.2. The van der Waals surface area contributed by atoms with Crippen molar-refractivity contribution in [1.29, 1.82) is 0 Å². The van der Waals surface area contributed by atoms with Gasteiger partial charge in [-0.3, -0.25) is 14.9 Å². The smallest absolute Gasteiger partial charge is 0.282 e. The second-order valence-electron chi connectivity index (χ2n) is 5.51. The molecule has 130 valence electrons. The first kappa shape index (κ1) is 16.8. The van der Waals surface area contributed by atoms with Gasteiger partial charge in [0.15, 0.2) is 0 Å². The van der Waals surface area contributed by atoms with Gasteiger partial charge in [-0.2, -0.15) is 0 Å². The minimum absolute atomic E-state index is 0.238. The number of hydrogen-bond donors (Lipinski definition) is 2. The van der Waals surface area contributed by atoms with Crippen LogP contribution in [0.15, 0.2) is 36.5 Å². The molecule has 1 amide bonds. The van der Waals surface area contributed by atoms with Gasteiger partial charge >= 0.3 is 0 Å². The van der Waals surface area contributed by atoms with Crippen LogP contribution < -0.4 is 15.5 Å². The van der Waals surface area contributed by atoms with Crippen LogP contribution in [0.5, 0.6) is 0 Å². The predicted octanol–water partition coefficient (Wildman–Crippen LogP) is 1.79. The number of amides is 1. The van der Waals surface area contributed by atoms with Gasteiger partial charge < -0.3 is 15.5 Å². The zero-order valence-corrected chi connectivity index (χ0v) is 13.2. The molecule has 1 aliphatic rings. The molecule has 0 bridgehead atoms. The van der Waals surface area contributed by atoms with Crippen molar-refractivity contribution in [3.8, 4) is 0 Å². The summed E-state index contributed by atoms with van der Waals surface area (Å²) >= 11 is 0. The predicted molar refractivity (Wildman–Crippen MR) is 90.3 cm³/mol. The number of rotatable bonds is 4. The fourth-order valence-corrected chi connectivity index (χ4v) is 2.60. The number of nitro groups is 1. The first-order chi connectivity index (χ1) is 12.0. The molecule has 1 fully saturated rings. The highest BCUT2D eigenvalue weighted by molar-refractivity contribution is 6.06. The summed E-state index contributed by atoms with van der Waals surface area (Å²) in [6.45, 7) is 3.51. The van der Waals surface area contributed by atoms with Crippen LogP contribution in [0.1, 0.15) is 10.4 Å². The van der Waals surface area contributed by atoms with Crippen molar-refractivity contribution in [2.45, 2.75) is 0 Å². The van der Waals surface area contributed by atoms with Crippen LogP contribution in [-0.4, -0.2) is 42.0 Å². The average molecular weight is 345 g/mol. The number of piperazine rings is 1. The van der Waals surface area contributed by atoms with Gasteiger partial charge in [-0.15, -0.1) is 0 Å². The lowest BCUT2D eigenvalue weighted by Gasteiger charge is -2.29. The molecule has 1 aromatic carbocycles. The van der Waals surface area contributed by atoms with E-state index in [1.54, 1.807) is 12.3 Å². The topological polar surface area (TPSA) is 100 Å². The monoisotopic (exact) mass is 345 g/mol. The molecule has 0 atom stereocenters. The number of carbonyl (C=O) groups excluding carboxylic acids is 1. The fraction of sp³-hybridized carbons (Fsp3) is 0.250. The van der Waals surface area contributed by atoms with Crippen LogP contribution in [0.4, 0.5) is 21.6 Å². The number of aromatic nitrogens is 1. The van der Waals surface area contributed by atoms with Gasteiger partial charge in [0.05, 0.1) is 16.8 Å². The summed E-state index contributed by atoms with van der Waals surface area (Å²) in [6.07, 6.45) is 1.63. The second kappa shape index (κ2) is 7.22. The molecule has 8 nitrogen and oxygen atoms in total. The minimum atomic E-state index is -0.784. The van der Waals surface area contributed by atoms with Crippen molar-refractivity contribution in [2.75, 3.05) is 36.4 Å². The summed E-state index contributed by atoms with van der Waals surface area (Å²) in [7, 11) is 0. The summed E-state index contributed by atoms with van der Waals surface area (Å²) in [5.41, 5.74) is 0.116. The van der Waals surface area contributed by atoms with Crippen LogP contribution in [0, 0.1) is 15.9 Å². The Kier molecular flexibility index (Phi) is 4.85. The number of carbonyl (C=O) groups is 1. The van der Waals surface area contributed by atoms with Crippen molar-refractivity contribution in [2.24, 2.45) is 0 Å². The third kappa shape index (κ3) is 3.89. The summed E-state index contributed by atoms with van der Waals surface area (Å²) < 4.78 is 13.3. The highest BCUT2D eigenvalue weighted by Gasteiger charge is 2.21. The quantitative estimate of drug-likeness (QED) is 0.647. The van der Waals surface area contributed by atoms with Crippen molar-refractivity contribution < 1.29 is 14.1 Å². The molecule has 0 aliphatic carbocycles. The van der Waals surface area contributed by atoms with Crippen molar-refractivity contribution in [1.82, 2.24) is 10.3 Å². The number of nitrogens with one attached hydrogen (secondary N) is 2. The molecule has 3 rings (SSSR count). The van der Waals surface area contributed by atoms with E-state index in [-0.39, 0.29) is 11.4 Å². The molecular formula is C16H16FN5O3. The number of hydrogen-bond acceptors (Lipinski definition) is 6. The molecule has 1 saturated heterocycles. The van der Waals surface area contributed by atoms with E-state index in [1.807, 2.05) is 6.07 Å². The van der Waals surface area contributed by atoms with E-state index < -0.39 is 22.3 Å². The highest BCUT2D eigenvalue weighted by Crippen LogP contribution is 2.21. The summed E-state index contributed by atoms with van der Waals surface area (Å²) in [5.74, 6) is -1.27. The van der Waals surface area contributed by atoms with E-state index in [0.29, 0.717) is 0 Å². The molecule has 9 heteroatoms. The van der Waals surface area contributed by atoms with Crippen LogP contribution >= 0.6 is 0 Å². The Hall–Kier alpha value is -3.07. The molecular weight excluding hydrogens is 329 g/mol. The molecule has 2 heterocycles. The standard InChI is InChI=1S/C16H16FN5O3/c17-11-1-3-14(22(24)25)13(9-11)16(23)20-15-4-2-12(10-19-15)21-7-5-18-6-8-21/h1-4,9-10,18H,5-8H2,(H,19,20,23). The Balaban J connectivity index is 1.75. The molecule has 0 radical (unpaired) electrons. The summed E-state index contributed by atoms with van der Waals surface area (Å²) in [6, 6.07) is 6.16. The number of pyridine rings is 1. The highest BCUT2D eigenvalue weighted by atomic mass is 19.1. The normalized spacial score (nSPS) is 14.2. The van der Waals surface area contributed by atoms with Crippen molar-refractivity contribution >= 4 is 23.1 Å². The molecule has 2 aromatic rings. The largest absolute Gasteiger partial charge is 0.368 e. The average Bonchev–Trinajstić information content (AvgIpc) is 2.62. The van der Waals surface area contributed by atoms with Gasteiger partial charge in [0.1, 0.15) is 17.2 Å². The first-order valence-corrected chi connectivity index (χ1v) is 7.71. The number of halogens is 1. The van der Waals surface area contributed by atoms with Crippen LogP contribution in [0.25, 0.3) is 0 Å². The Morgan fingerprint density at radius 1 is 1.28 bits per heavy atom. The molecule has 0 spiro atoms. The van der Waals surface area contributed by atoms with Crippen LogP contribution in [0.3, 0.4) is 0 Å². The maximum atomic E-state index is 13.3. The van der Waals surface area contributed by atoms with Gasteiger partial charge in [-0.25, -0.2) is 9.37 Å². The SMILES string of the molecule is O=C(Nc1ccc(N2CCNCC2)cn1)c1cc(F)ccc1[N+](=O)[O-]. The lowest BCUT2D eigenvalue weighted by molar-refractivity contribution is -0.385. The van der Waals surface area contributed by atoms with Crippen LogP contribution in [-0.2, 0) is 0 Å². The molecule has 0 unspecified atom stereocenters. The van der Waals surface area contributed by atoms with Gasteiger partial charge in [0.25, 0.3) is 11.6 Å². The third-order valence-electron chi connectivity index (χ3n) is 3.87. The lowest BCUT2D eigenvalue weighted by Crippen LogP contribution is -2.43. The summed E-state index contributed by atoms with van der Waals surface area (Å²) in [5, 5.41) is 16.7. The van der Waals surface area contributed by atoms with Gasteiger partial charge in [-0.1, -0.05) is 0 Å². The van der Waals surface area contributed by atoms with Gasteiger partial charge in [0.2, 0.25) is 0 Å². The maximum Gasteiger partial charge on any atom is 0.282 e. The molecule has 1 aromatic heterocycles. The number of nitro benzene ring substituents is 1. The molecule has 1 aliphatic heterocycles. The minimum Gasteiger partial charge on any atom is -0.368 e. The lowest BCUT2D eigenvalue weighted by atomic mass is 10.1. The van der Waals surface area contributed by atoms with Gasteiger partial charge in [0, 0.05) is 32.2 Å². The van der Waals surface area contributed by atoms with E-state index in [2.05, 4.69) is 20.5 Å². The number of anilines is 2. The Morgan fingerprint density at radius 3 is 2.68 bits per heavy atom. The summed E-state index contributed by atoms with van der Waals surface area (Å²) in [4.78, 5) is 28.8. The Bertz CT molecular complexity index is 791. The first-order valence-electron chi connectivity index (χ1n) is 7.71. The fourth-order valence-electron chi connectivity index (χ4n) is 2.60. The Morgan fingerprint density at radius 2 is 2.04 bits per heavy atom. The number of nitrogens with zero attached hydrogens (tertiary/aromatic N) is 3. The molecule has 25 heavy (non-hydrogen) atoms. The van der Waals surface area contributed by atoms with E-state index >= 15 is 0 Å². The van der Waals surface area contributed by atoms with E-state index in [1.165, 1.54) is 0 Å². The second-order valence-corrected chi connectivity index (χ2v) is 5.51. The van der Waals surface area contributed by atoms with Gasteiger partial charge in [-0.05, 0) is 24.3 Å². The van der Waals surface area contributed by atoms with E-state index in [9.17, 15) is 19.3 Å². The van der Waals surface area contributed by atoms with E-state index in [4.69, 9.17) is 0 Å². The maximum absolute atomic E-state index is 13.3. The van der Waals surface area contributed by atoms with Crippen molar-refractivity contribution in [3.05, 3.63) is 58.0 Å². The zero-order chi connectivity index (χ0) is 17.8. The molecule has 0 saturated carbocycles. The van der Waals surface area contributed by atoms with Crippen LogP contribution in [0.2, 0.25) is 0 Å².